The van der Waals surface area contributed by atoms with Crippen LogP contribution in [0.25, 0.3) is 10.9 Å². The third-order valence-corrected chi connectivity index (χ3v) is 6.44. The molecule has 0 bridgehead atoms. The van der Waals surface area contributed by atoms with Crippen LogP contribution in [0.5, 0.6) is 0 Å². The smallest absolute Gasteiger partial charge is 0.253 e. The van der Waals surface area contributed by atoms with Crippen LogP contribution in [0.3, 0.4) is 0 Å². The molecule has 1 aromatic carbocycles. The molecule has 4 nitrogen and oxygen atoms in total. The molecule has 2 aliphatic rings. The maximum atomic E-state index is 13.0. The Morgan fingerprint density at radius 2 is 1.96 bits per heavy atom. The molecule has 2 fully saturated rings. The molecular formula is C22H30N2O2. The van der Waals surface area contributed by atoms with E-state index in [1.165, 1.54) is 38.5 Å². The molecule has 1 N–H and O–H groups in total. The SMILES string of the molecule is COCCn1cc(C(=O)N[C@@H]2CC[C@H]3CCCC[C@H]3C2)c2ccccc21. The van der Waals surface area contributed by atoms with Gasteiger partial charge in [-0.15, -0.1) is 0 Å². The highest BCUT2D eigenvalue weighted by Crippen LogP contribution is 2.40. The summed E-state index contributed by atoms with van der Waals surface area (Å²) < 4.78 is 7.35. The Hall–Kier alpha value is -1.81. The number of rotatable bonds is 5. The zero-order valence-electron chi connectivity index (χ0n) is 15.7. The first-order chi connectivity index (χ1) is 12.8. The van der Waals surface area contributed by atoms with Gasteiger partial charge in [-0.3, -0.25) is 4.79 Å². The van der Waals surface area contributed by atoms with Crippen molar-refractivity contribution in [3.05, 3.63) is 36.0 Å². The number of aromatic nitrogens is 1. The lowest BCUT2D eigenvalue weighted by Gasteiger charge is -2.39. The minimum atomic E-state index is 0.0802. The largest absolute Gasteiger partial charge is 0.383 e. The van der Waals surface area contributed by atoms with Crippen LogP contribution < -0.4 is 5.32 Å². The van der Waals surface area contributed by atoms with Crippen molar-refractivity contribution >= 4 is 16.8 Å². The molecular weight excluding hydrogens is 324 g/mol. The van der Waals surface area contributed by atoms with E-state index >= 15 is 0 Å². The van der Waals surface area contributed by atoms with Gasteiger partial charge in [-0.25, -0.2) is 0 Å². The number of nitrogens with zero attached hydrogens (tertiary/aromatic N) is 1. The third kappa shape index (κ3) is 3.52. The quantitative estimate of drug-likeness (QED) is 0.866. The Balaban J connectivity index is 1.49. The molecule has 26 heavy (non-hydrogen) atoms. The maximum absolute atomic E-state index is 13.0. The molecule has 0 saturated heterocycles. The molecule has 1 aromatic heterocycles. The van der Waals surface area contributed by atoms with E-state index in [1.54, 1.807) is 7.11 Å². The fraction of sp³-hybridized carbons (Fsp3) is 0.591. The molecule has 1 amide bonds. The van der Waals surface area contributed by atoms with Gasteiger partial charge in [0, 0.05) is 36.8 Å². The standard InChI is InChI=1S/C22H30N2O2/c1-26-13-12-24-15-20(19-8-4-5-9-21(19)24)22(25)23-18-11-10-16-6-2-3-7-17(16)14-18/h4-5,8-9,15-18H,2-3,6-7,10-14H2,1H3,(H,23,25)/t16-,17+,18-/m1/s1. The summed E-state index contributed by atoms with van der Waals surface area (Å²) in [6, 6.07) is 8.49. The number of fused-ring (bicyclic) bond motifs is 2. The lowest BCUT2D eigenvalue weighted by Crippen LogP contribution is -2.41. The van der Waals surface area contributed by atoms with Crippen molar-refractivity contribution in [3.8, 4) is 0 Å². The molecule has 0 unspecified atom stereocenters. The molecule has 0 aliphatic heterocycles. The van der Waals surface area contributed by atoms with Crippen LogP contribution in [0.1, 0.15) is 55.3 Å². The van der Waals surface area contributed by atoms with Gasteiger partial charge in [0.15, 0.2) is 0 Å². The summed E-state index contributed by atoms with van der Waals surface area (Å²) in [6.07, 6.45) is 11.1. The van der Waals surface area contributed by atoms with E-state index < -0.39 is 0 Å². The summed E-state index contributed by atoms with van der Waals surface area (Å²) in [6.45, 7) is 1.41. The fourth-order valence-electron chi connectivity index (χ4n) is 5.07. The van der Waals surface area contributed by atoms with Gasteiger partial charge in [0.2, 0.25) is 0 Å². The second-order valence-corrected chi connectivity index (χ2v) is 8.03. The summed E-state index contributed by atoms with van der Waals surface area (Å²) in [5.74, 6) is 1.82. The zero-order chi connectivity index (χ0) is 17.9. The Labute approximate surface area is 155 Å². The van der Waals surface area contributed by atoms with Crippen LogP contribution in [0.2, 0.25) is 0 Å². The number of hydrogen-bond donors (Lipinski definition) is 1. The number of benzene rings is 1. The predicted molar refractivity (Wildman–Crippen MR) is 104 cm³/mol. The molecule has 4 heteroatoms. The Morgan fingerprint density at radius 1 is 1.15 bits per heavy atom. The van der Waals surface area contributed by atoms with Gasteiger partial charge in [-0.1, -0.05) is 43.9 Å². The summed E-state index contributed by atoms with van der Waals surface area (Å²) in [7, 11) is 1.71. The van der Waals surface area contributed by atoms with Crippen LogP contribution in [0, 0.1) is 11.8 Å². The van der Waals surface area contributed by atoms with Crippen molar-refractivity contribution in [2.75, 3.05) is 13.7 Å². The van der Waals surface area contributed by atoms with Crippen molar-refractivity contribution in [1.82, 2.24) is 9.88 Å². The number of amides is 1. The Morgan fingerprint density at radius 3 is 2.81 bits per heavy atom. The number of ether oxygens (including phenoxy) is 1. The summed E-state index contributed by atoms with van der Waals surface area (Å²) in [5, 5.41) is 4.38. The normalized spacial score (nSPS) is 25.8. The third-order valence-electron chi connectivity index (χ3n) is 6.44. The predicted octanol–water partition coefficient (Wildman–Crippen LogP) is 4.38. The first-order valence-electron chi connectivity index (χ1n) is 10.1. The second-order valence-electron chi connectivity index (χ2n) is 8.03. The first kappa shape index (κ1) is 17.6. The van der Waals surface area contributed by atoms with Crippen LogP contribution in [0.15, 0.2) is 30.5 Å². The van der Waals surface area contributed by atoms with E-state index in [4.69, 9.17) is 4.74 Å². The highest BCUT2D eigenvalue weighted by molar-refractivity contribution is 6.07. The number of carbonyl (C=O) groups is 1. The molecule has 140 valence electrons. The number of methoxy groups -OCH3 is 1. The lowest BCUT2D eigenvalue weighted by atomic mass is 9.69. The zero-order valence-corrected chi connectivity index (χ0v) is 15.7. The molecule has 0 radical (unpaired) electrons. The minimum Gasteiger partial charge on any atom is -0.383 e. The molecule has 2 aliphatic carbocycles. The van der Waals surface area contributed by atoms with Crippen molar-refractivity contribution in [2.24, 2.45) is 11.8 Å². The minimum absolute atomic E-state index is 0.0802. The summed E-state index contributed by atoms with van der Waals surface area (Å²) >= 11 is 0. The molecule has 1 heterocycles. The number of hydrogen-bond acceptors (Lipinski definition) is 2. The fourth-order valence-corrected chi connectivity index (χ4v) is 5.07. The van der Waals surface area contributed by atoms with Gasteiger partial charge < -0.3 is 14.6 Å². The highest BCUT2D eigenvalue weighted by Gasteiger charge is 2.33. The highest BCUT2D eigenvalue weighted by atomic mass is 16.5. The molecule has 3 atom stereocenters. The average Bonchev–Trinajstić information content (AvgIpc) is 3.05. The van der Waals surface area contributed by atoms with E-state index in [9.17, 15) is 4.79 Å². The monoisotopic (exact) mass is 354 g/mol. The van der Waals surface area contributed by atoms with Crippen LogP contribution in [-0.2, 0) is 11.3 Å². The van der Waals surface area contributed by atoms with Crippen molar-refractivity contribution < 1.29 is 9.53 Å². The molecule has 2 saturated carbocycles. The maximum Gasteiger partial charge on any atom is 0.253 e. The molecule has 4 rings (SSSR count). The van der Waals surface area contributed by atoms with Gasteiger partial charge in [-0.05, 0) is 37.2 Å². The van der Waals surface area contributed by atoms with E-state index in [0.717, 1.165) is 41.3 Å². The van der Waals surface area contributed by atoms with E-state index in [2.05, 4.69) is 16.0 Å². The second kappa shape index (κ2) is 7.83. The van der Waals surface area contributed by atoms with Crippen LogP contribution in [-0.4, -0.2) is 30.2 Å². The van der Waals surface area contributed by atoms with Gasteiger partial charge in [-0.2, -0.15) is 0 Å². The molecule has 2 aromatic rings. The average molecular weight is 354 g/mol. The number of nitrogens with one attached hydrogen (secondary N) is 1. The van der Waals surface area contributed by atoms with E-state index in [1.807, 2.05) is 24.4 Å². The van der Waals surface area contributed by atoms with Crippen molar-refractivity contribution in [1.29, 1.82) is 0 Å². The Kier molecular flexibility index (Phi) is 5.30. The molecule has 0 spiro atoms. The number of carbonyl (C=O) groups excluding carboxylic acids is 1. The summed E-state index contributed by atoms with van der Waals surface area (Å²) in [5.41, 5.74) is 1.90. The van der Waals surface area contributed by atoms with Crippen LogP contribution >= 0.6 is 0 Å². The van der Waals surface area contributed by atoms with Gasteiger partial charge in [0.25, 0.3) is 5.91 Å². The van der Waals surface area contributed by atoms with E-state index in [0.29, 0.717) is 12.6 Å². The number of para-hydroxylation sites is 1. The lowest BCUT2D eigenvalue weighted by molar-refractivity contribution is 0.0880. The van der Waals surface area contributed by atoms with Crippen molar-refractivity contribution in [3.63, 3.8) is 0 Å². The Bertz CT molecular complexity index is 767. The topological polar surface area (TPSA) is 43.3 Å². The van der Waals surface area contributed by atoms with Gasteiger partial charge in [0.1, 0.15) is 0 Å². The van der Waals surface area contributed by atoms with Gasteiger partial charge >= 0.3 is 0 Å². The van der Waals surface area contributed by atoms with Gasteiger partial charge in [0.05, 0.1) is 12.2 Å². The van der Waals surface area contributed by atoms with E-state index in [-0.39, 0.29) is 5.91 Å². The van der Waals surface area contributed by atoms with Crippen LogP contribution in [0.4, 0.5) is 0 Å². The van der Waals surface area contributed by atoms with Crippen molar-refractivity contribution in [2.45, 2.75) is 57.5 Å². The first-order valence-corrected chi connectivity index (χ1v) is 10.1. The summed E-state index contributed by atoms with van der Waals surface area (Å²) in [4.78, 5) is 13.0.